The molecule has 5 atom stereocenters. The Morgan fingerprint density at radius 3 is 2.40 bits per heavy atom. The van der Waals surface area contributed by atoms with E-state index in [9.17, 15) is 14.7 Å². The number of amides is 1. The molecule has 128 valence electrons. The molecule has 25 heavy (non-hydrogen) atoms. The average Bonchev–Trinajstić information content (AvgIpc) is 3.36. The molecule has 1 heterocycles. The Kier molecular flexibility index (Phi) is 3.92. The molecule has 1 aromatic carbocycles. The van der Waals surface area contributed by atoms with Gasteiger partial charge in [0.2, 0.25) is 5.91 Å². The Morgan fingerprint density at radius 1 is 1.04 bits per heavy atom. The minimum atomic E-state index is -0.897. The largest absolute Gasteiger partial charge is 0.481 e. The number of furan rings is 1. The maximum atomic E-state index is 13.0. The average molecular weight is 337 g/mol. The Hall–Kier alpha value is -2.82. The highest BCUT2D eigenvalue weighted by molar-refractivity contribution is 5.87. The molecule has 0 spiro atoms. The highest BCUT2D eigenvalue weighted by Gasteiger charge is 2.51. The molecule has 0 radical (unpaired) electrons. The number of carbonyl (C=O) groups is 2. The Balaban J connectivity index is 1.61. The molecule has 4 rings (SSSR count). The summed E-state index contributed by atoms with van der Waals surface area (Å²) in [6.45, 7) is 0. The van der Waals surface area contributed by atoms with E-state index < -0.39 is 23.8 Å². The molecule has 2 bridgehead atoms. The molecule has 2 N–H and O–H groups in total. The van der Waals surface area contributed by atoms with Crippen LogP contribution >= 0.6 is 0 Å². The van der Waals surface area contributed by atoms with Gasteiger partial charge in [-0.15, -0.1) is 0 Å². The molecule has 2 aliphatic rings. The van der Waals surface area contributed by atoms with Gasteiger partial charge in [0.05, 0.1) is 18.1 Å². The van der Waals surface area contributed by atoms with Crippen LogP contribution in [-0.2, 0) is 9.59 Å². The summed E-state index contributed by atoms with van der Waals surface area (Å²) in [7, 11) is 0. The van der Waals surface area contributed by atoms with E-state index in [1.807, 2.05) is 48.6 Å². The highest BCUT2D eigenvalue weighted by atomic mass is 16.4. The lowest BCUT2D eigenvalue weighted by Gasteiger charge is -2.26. The molecular weight excluding hydrogens is 318 g/mol. The normalized spacial score (nSPS) is 28.0. The monoisotopic (exact) mass is 337 g/mol. The van der Waals surface area contributed by atoms with Crippen molar-refractivity contribution in [2.75, 3.05) is 0 Å². The highest BCUT2D eigenvalue weighted by Crippen LogP contribution is 2.48. The van der Waals surface area contributed by atoms with Crippen LogP contribution in [0.15, 0.2) is 65.3 Å². The predicted octanol–water partition coefficient (Wildman–Crippen LogP) is 3.01. The second-order valence-corrected chi connectivity index (χ2v) is 6.71. The van der Waals surface area contributed by atoms with E-state index in [0.29, 0.717) is 5.76 Å². The molecule has 1 amide bonds. The van der Waals surface area contributed by atoms with Crippen LogP contribution in [0.1, 0.15) is 23.8 Å². The van der Waals surface area contributed by atoms with Crippen molar-refractivity contribution in [3.05, 3.63) is 72.2 Å². The molecule has 5 unspecified atom stereocenters. The zero-order valence-corrected chi connectivity index (χ0v) is 13.5. The molecular formula is C20H19NO4. The summed E-state index contributed by atoms with van der Waals surface area (Å²) in [5.41, 5.74) is 0.899. The van der Waals surface area contributed by atoms with Crippen LogP contribution < -0.4 is 5.32 Å². The van der Waals surface area contributed by atoms with Gasteiger partial charge in [-0.3, -0.25) is 9.59 Å². The van der Waals surface area contributed by atoms with Crippen LogP contribution in [0.2, 0.25) is 0 Å². The van der Waals surface area contributed by atoms with E-state index in [-0.39, 0.29) is 17.7 Å². The second kappa shape index (κ2) is 6.24. The first-order chi connectivity index (χ1) is 12.1. The van der Waals surface area contributed by atoms with Gasteiger partial charge in [-0.2, -0.15) is 0 Å². The van der Waals surface area contributed by atoms with Crippen LogP contribution in [0.3, 0.4) is 0 Å². The number of hydrogen-bond acceptors (Lipinski definition) is 3. The fourth-order valence-electron chi connectivity index (χ4n) is 4.17. The van der Waals surface area contributed by atoms with Gasteiger partial charge >= 0.3 is 5.97 Å². The second-order valence-electron chi connectivity index (χ2n) is 6.71. The van der Waals surface area contributed by atoms with E-state index in [4.69, 9.17) is 4.42 Å². The summed E-state index contributed by atoms with van der Waals surface area (Å²) < 4.78 is 5.50. The summed E-state index contributed by atoms with van der Waals surface area (Å²) in [4.78, 5) is 24.6. The number of hydrogen-bond donors (Lipinski definition) is 2. The number of nitrogens with one attached hydrogen (secondary N) is 1. The first-order valence-corrected chi connectivity index (χ1v) is 8.45. The van der Waals surface area contributed by atoms with Gasteiger partial charge in [-0.25, -0.2) is 0 Å². The van der Waals surface area contributed by atoms with Gasteiger partial charge < -0.3 is 14.8 Å². The number of carboxylic acid groups (broad SMARTS) is 1. The maximum Gasteiger partial charge on any atom is 0.307 e. The zero-order valence-electron chi connectivity index (χ0n) is 13.5. The number of benzene rings is 1. The number of allylic oxidation sites excluding steroid dienone is 2. The molecule has 0 saturated heterocycles. The standard InChI is InChI=1S/C20H19NO4/c22-19(16-13-8-9-14(11-13)17(16)20(23)24)21-18(15-7-4-10-25-15)12-5-2-1-3-6-12/h1-10,13-14,16-18H,11H2,(H,21,22)(H,23,24). The van der Waals surface area contributed by atoms with Crippen molar-refractivity contribution in [1.29, 1.82) is 0 Å². The van der Waals surface area contributed by atoms with Gasteiger partial charge in [0, 0.05) is 0 Å². The summed E-state index contributed by atoms with van der Waals surface area (Å²) in [5.74, 6) is -1.72. The van der Waals surface area contributed by atoms with Gasteiger partial charge in [0.15, 0.2) is 0 Å². The lowest BCUT2D eigenvalue weighted by Crippen LogP contribution is -2.41. The van der Waals surface area contributed by atoms with Crippen molar-refractivity contribution in [3.63, 3.8) is 0 Å². The van der Waals surface area contributed by atoms with Crippen LogP contribution in [0.4, 0.5) is 0 Å². The predicted molar refractivity (Wildman–Crippen MR) is 90.5 cm³/mol. The van der Waals surface area contributed by atoms with E-state index >= 15 is 0 Å². The minimum Gasteiger partial charge on any atom is -0.481 e. The Labute approximate surface area is 145 Å². The fraction of sp³-hybridized carbons (Fsp3) is 0.300. The van der Waals surface area contributed by atoms with Crippen molar-refractivity contribution in [3.8, 4) is 0 Å². The fourth-order valence-corrected chi connectivity index (χ4v) is 4.17. The Bertz CT molecular complexity index is 796. The van der Waals surface area contributed by atoms with Gasteiger partial charge in [-0.05, 0) is 36.0 Å². The lowest BCUT2D eigenvalue weighted by molar-refractivity contribution is -0.148. The van der Waals surface area contributed by atoms with E-state index in [2.05, 4.69) is 5.32 Å². The molecule has 1 fully saturated rings. The van der Waals surface area contributed by atoms with Crippen molar-refractivity contribution in [2.24, 2.45) is 23.7 Å². The summed E-state index contributed by atoms with van der Waals surface area (Å²) in [6.07, 6.45) is 6.23. The molecule has 0 aliphatic heterocycles. The van der Waals surface area contributed by atoms with Crippen molar-refractivity contribution in [2.45, 2.75) is 12.5 Å². The SMILES string of the molecule is O=C(O)C1C2C=CC(C2)C1C(=O)NC(c1ccccc1)c1ccco1. The quantitative estimate of drug-likeness (QED) is 0.822. The third-order valence-corrected chi connectivity index (χ3v) is 5.29. The van der Waals surface area contributed by atoms with Crippen LogP contribution in [0.25, 0.3) is 0 Å². The molecule has 2 aliphatic carbocycles. The summed E-state index contributed by atoms with van der Waals surface area (Å²) >= 11 is 0. The van der Waals surface area contributed by atoms with Gasteiger partial charge in [0.1, 0.15) is 11.8 Å². The number of fused-ring (bicyclic) bond motifs is 2. The summed E-state index contributed by atoms with van der Waals surface area (Å²) in [5, 5.41) is 12.6. The van der Waals surface area contributed by atoms with Crippen molar-refractivity contribution in [1.82, 2.24) is 5.32 Å². The smallest absolute Gasteiger partial charge is 0.307 e. The van der Waals surface area contributed by atoms with Crippen LogP contribution in [-0.4, -0.2) is 17.0 Å². The third kappa shape index (κ3) is 2.76. The maximum absolute atomic E-state index is 13.0. The lowest BCUT2D eigenvalue weighted by atomic mass is 9.82. The van der Waals surface area contributed by atoms with E-state index in [1.165, 1.54) is 0 Å². The van der Waals surface area contributed by atoms with Gasteiger partial charge in [0.25, 0.3) is 0 Å². The van der Waals surface area contributed by atoms with Crippen LogP contribution in [0.5, 0.6) is 0 Å². The number of carboxylic acids is 1. The first kappa shape index (κ1) is 15.7. The van der Waals surface area contributed by atoms with Gasteiger partial charge in [-0.1, -0.05) is 42.5 Å². The minimum absolute atomic E-state index is 0.000811. The third-order valence-electron chi connectivity index (χ3n) is 5.29. The zero-order chi connectivity index (χ0) is 17.4. The summed E-state index contributed by atoms with van der Waals surface area (Å²) in [6, 6.07) is 12.7. The molecule has 2 aromatic rings. The Morgan fingerprint density at radius 2 is 1.76 bits per heavy atom. The van der Waals surface area contributed by atoms with Crippen molar-refractivity contribution < 1.29 is 19.1 Å². The molecule has 5 heteroatoms. The number of aliphatic carboxylic acids is 1. The van der Waals surface area contributed by atoms with E-state index in [1.54, 1.807) is 12.3 Å². The molecule has 5 nitrogen and oxygen atoms in total. The molecule has 1 saturated carbocycles. The first-order valence-electron chi connectivity index (χ1n) is 8.45. The van der Waals surface area contributed by atoms with Crippen LogP contribution in [0, 0.1) is 23.7 Å². The number of rotatable bonds is 5. The van der Waals surface area contributed by atoms with Crippen molar-refractivity contribution >= 4 is 11.9 Å². The molecule has 1 aromatic heterocycles. The topological polar surface area (TPSA) is 79.5 Å². The number of carbonyl (C=O) groups excluding carboxylic acids is 1. The van der Waals surface area contributed by atoms with E-state index in [0.717, 1.165) is 12.0 Å².